The van der Waals surface area contributed by atoms with Crippen LogP contribution in [0.15, 0.2) is 72.9 Å². The predicted molar refractivity (Wildman–Crippen MR) is 191 cm³/mol. The number of nitrogens with one attached hydrogen (secondary N) is 4. The van der Waals surface area contributed by atoms with Crippen molar-refractivity contribution in [3.05, 3.63) is 72.9 Å². The molecule has 4 amide bonds. The van der Waals surface area contributed by atoms with Crippen LogP contribution in [0.3, 0.4) is 0 Å². The first kappa shape index (κ1) is 42.5. The lowest BCUT2D eigenvalue weighted by molar-refractivity contribution is -0.140. The zero-order chi connectivity index (χ0) is 34.3. The molecular formula is C34H52N4O6S2. The van der Waals surface area contributed by atoms with Gasteiger partial charge < -0.3 is 26.4 Å². The van der Waals surface area contributed by atoms with Gasteiger partial charge in [0.1, 0.15) is 12.1 Å². The lowest BCUT2D eigenvalue weighted by Crippen LogP contribution is -2.49. The van der Waals surface area contributed by atoms with Gasteiger partial charge in [0.2, 0.25) is 23.6 Å². The number of carboxylic acid groups (broad SMARTS) is 1. The largest absolute Gasteiger partial charge is 0.480 e. The highest BCUT2D eigenvalue weighted by Crippen LogP contribution is 2.23. The summed E-state index contributed by atoms with van der Waals surface area (Å²) in [5.74, 6) is -2.22. The normalized spacial score (nSPS) is 13.3. The molecule has 0 spiro atoms. The monoisotopic (exact) mass is 676 g/mol. The molecule has 256 valence electrons. The van der Waals surface area contributed by atoms with Gasteiger partial charge in [0.15, 0.2) is 0 Å². The minimum absolute atomic E-state index is 0.0958. The first-order valence-electron chi connectivity index (χ1n) is 15.6. The van der Waals surface area contributed by atoms with Crippen LogP contribution in [-0.2, 0) is 24.0 Å². The predicted octanol–water partition coefficient (Wildman–Crippen LogP) is 5.17. The summed E-state index contributed by atoms with van der Waals surface area (Å²) in [6.07, 6.45) is 32.3. The third-order valence-corrected chi connectivity index (χ3v) is 8.23. The molecule has 0 saturated carbocycles. The fourth-order valence-electron chi connectivity index (χ4n) is 3.53. The quantitative estimate of drug-likeness (QED) is 0.0478. The number of hydrogen-bond donors (Lipinski definition) is 5. The summed E-state index contributed by atoms with van der Waals surface area (Å²) in [5.41, 5.74) is 0. The highest BCUT2D eigenvalue weighted by Gasteiger charge is 2.22. The minimum Gasteiger partial charge on any atom is -0.480 e. The molecule has 0 rings (SSSR count). The van der Waals surface area contributed by atoms with Crippen molar-refractivity contribution in [1.29, 1.82) is 0 Å². The molecule has 2 unspecified atom stereocenters. The number of amides is 4. The van der Waals surface area contributed by atoms with Gasteiger partial charge in [0.05, 0.1) is 0 Å². The van der Waals surface area contributed by atoms with E-state index in [1.54, 1.807) is 0 Å². The summed E-state index contributed by atoms with van der Waals surface area (Å²) in [4.78, 5) is 58.5. The number of hydrogen-bond acceptors (Lipinski definition) is 7. The molecule has 0 saturated heterocycles. The topological polar surface area (TPSA) is 154 Å². The summed E-state index contributed by atoms with van der Waals surface area (Å²) >= 11 is 0. The van der Waals surface area contributed by atoms with Gasteiger partial charge in [-0.05, 0) is 44.9 Å². The van der Waals surface area contributed by atoms with Crippen LogP contribution in [0, 0.1) is 0 Å². The summed E-state index contributed by atoms with van der Waals surface area (Å²) in [6.45, 7) is 5.12. The van der Waals surface area contributed by atoms with E-state index in [4.69, 9.17) is 5.11 Å². The molecule has 0 fully saturated rings. The van der Waals surface area contributed by atoms with E-state index in [2.05, 4.69) is 89.0 Å². The second-order valence-electron chi connectivity index (χ2n) is 10.0. The number of carboxylic acids is 1. The molecule has 0 aromatic carbocycles. The molecule has 0 aromatic heterocycles. The van der Waals surface area contributed by atoms with Crippen LogP contribution >= 0.6 is 21.6 Å². The van der Waals surface area contributed by atoms with E-state index < -0.39 is 29.9 Å². The van der Waals surface area contributed by atoms with Gasteiger partial charge in [-0.15, -0.1) is 0 Å². The molecule has 0 aliphatic heterocycles. The smallest absolute Gasteiger partial charge is 0.327 e. The van der Waals surface area contributed by atoms with E-state index in [-0.39, 0.29) is 36.4 Å². The molecule has 0 radical (unpaired) electrons. The van der Waals surface area contributed by atoms with Crippen LogP contribution in [-0.4, -0.2) is 71.4 Å². The van der Waals surface area contributed by atoms with Crippen molar-refractivity contribution in [2.45, 2.75) is 84.2 Å². The highest BCUT2D eigenvalue weighted by atomic mass is 33.1. The summed E-state index contributed by atoms with van der Waals surface area (Å²) < 4.78 is 0. The number of allylic oxidation sites excluding steroid dienone is 12. The molecule has 12 heteroatoms. The van der Waals surface area contributed by atoms with Gasteiger partial charge in [-0.1, -0.05) is 101 Å². The Balaban J connectivity index is 4.06. The van der Waals surface area contributed by atoms with Crippen molar-refractivity contribution in [3.63, 3.8) is 0 Å². The molecule has 46 heavy (non-hydrogen) atoms. The summed E-state index contributed by atoms with van der Waals surface area (Å²) in [7, 11) is 2.39. The van der Waals surface area contributed by atoms with E-state index in [9.17, 15) is 24.0 Å². The second-order valence-corrected chi connectivity index (χ2v) is 12.6. The van der Waals surface area contributed by atoms with Crippen LogP contribution in [0.1, 0.15) is 72.1 Å². The standard InChI is InChI=1S/C34H52N4O6S2/c1-4-5-6-7-8-9-10-11-12-13-14-15-16-17-18-19-20-21-22-23-32(41)35-24-25-36-33(42)30(37-28(2)39)26-45-46-27-31(34(43)44)38-29(3)40/h5-6,8-9,11-12,14-15,17-18,20-21,30-31H,4,7,10,13,16,19,22-27H2,1-3H3,(H,35,41)(H,36,42)(H,37,39)(H,38,40)(H,43,44). The number of carbonyl (C=O) groups excluding carboxylic acids is 4. The molecule has 0 heterocycles. The third kappa shape index (κ3) is 28.0. The van der Waals surface area contributed by atoms with E-state index in [0.29, 0.717) is 12.8 Å². The molecule has 0 bridgehead atoms. The van der Waals surface area contributed by atoms with Crippen molar-refractivity contribution in [2.24, 2.45) is 0 Å². The summed E-state index contributed by atoms with van der Waals surface area (Å²) in [6, 6.07) is -1.88. The van der Waals surface area contributed by atoms with Gasteiger partial charge in [-0.2, -0.15) is 0 Å². The minimum atomic E-state index is -1.15. The Kier molecular flexibility index (Phi) is 27.9. The van der Waals surface area contributed by atoms with Crippen molar-refractivity contribution in [3.8, 4) is 0 Å². The fourth-order valence-corrected chi connectivity index (χ4v) is 5.85. The maximum absolute atomic E-state index is 12.5. The van der Waals surface area contributed by atoms with Crippen LogP contribution < -0.4 is 21.3 Å². The van der Waals surface area contributed by atoms with E-state index in [0.717, 1.165) is 38.5 Å². The Hall–Kier alpha value is -3.51. The number of aliphatic carboxylic acids is 1. The number of carbonyl (C=O) groups is 5. The second kappa shape index (κ2) is 30.2. The first-order chi connectivity index (χ1) is 22.2. The Bertz CT molecular complexity index is 1090. The van der Waals surface area contributed by atoms with Crippen LogP contribution in [0.2, 0.25) is 0 Å². The van der Waals surface area contributed by atoms with Crippen molar-refractivity contribution < 1.29 is 29.1 Å². The van der Waals surface area contributed by atoms with E-state index >= 15 is 0 Å². The van der Waals surface area contributed by atoms with Crippen LogP contribution in [0.25, 0.3) is 0 Å². The zero-order valence-electron chi connectivity index (χ0n) is 27.4. The fraction of sp³-hybridized carbons (Fsp3) is 0.500. The van der Waals surface area contributed by atoms with Crippen molar-refractivity contribution in [1.82, 2.24) is 21.3 Å². The Morgan fingerprint density at radius 3 is 1.48 bits per heavy atom. The first-order valence-corrected chi connectivity index (χ1v) is 18.1. The molecular weight excluding hydrogens is 625 g/mol. The van der Waals surface area contributed by atoms with E-state index in [1.807, 2.05) is 12.2 Å². The number of rotatable bonds is 26. The van der Waals surface area contributed by atoms with Crippen molar-refractivity contribution in [2.75, 3.05) is 24.6 Å². The van der Waals surface area contributed by atoms with Gasteiger partial charge in [-0.3, -0.25) is 19.2 Å². The Labute approximate surface area is 282 Å². The van der Waals surface area contributed by atoms with Gasteiger partial charge >= 0.3 is 5.97 Å². The zero-order valence-corrected chi connectivity index (χ0v) is 29.0. The average molecular weight is 677 g/mol. The average Bonchev–Trinajstić information content (AvgIpc) is 3.00. The maximum Gasteiger partial charge on any atom is 0.327 e. The van der Waals surface area contributed by atoms with Crippen LogP contribution in [0.4, 0.5) is 0 Å². The van der Waals surface area contributed by atoms with Gasteiger partial charge in [-0.25, -0.2) is 4.79 Å². The van der Waals surface area contributed by atoms with E-state index in [1.165, 1.54) is 35.4 Å². The lowest BCUT2D eigenvalue weighted by atomic mass is 10.2. The molecule has 0 aliphatic carbocycles. The highest BCUT2D eigenvalue weighted by molar-refractivity contribution is 8.76. The van der Waals surface area contributed by atoms with Gasteiger partial charge in [0.25, 0.3) is 0 Å². The molecule has 5 N–H and O–H groups in total. The Morgan fingerprint density at radius 2 is 1.02 bits per heavy atom. The molecule has 0 aromatic rings. The lowest BCUT2D eigenvalue weighted by Gasteiger charge is -2.18. The third-order valence-electron chi connectivity index (χ3n) is 5.80. The van der Waals surface area contributed by atoms with Crippen molar-refractivity contribution >= 4 is 51.2 Å². The SMILES string of the molecule is CCC=CCC=CCC=CCC=CCC=CCC=CCCC(=O)NCCNC(=O)C(CSSCC(NC(C)=O)C(=O)O)NC(C)=O. The Morgan fingerprint density at radius 1 is 0.609 bits per heavy atom. The molecule has 2 atom stereocenters. The molecule has 0 aliphatic rings. The summed E-state index contributed by atoms with van der Waals surface area (Å²) in [5, 5.41) is 19.5. The maximum atomic E-state index is 12.5. The molecule has 10 nitrogen and oxygen atoms in total. The van der Waals surface area contributed by atoms with Gasteiger partial charge in [0, 0.05) is 44.9 Å². The van der Waals surface area contributed by atoms with Crippen LogP contribution in [0.5, 0.6) is 0 Å².